The standard InChI is InChI=1S/C9H6ClN5/c1-5-12-13-9-7-6(3-2-4-11-7)8(10)14-15(5)9/h2-4H,1H3. The van der Waals surface area contributed by atoms with E-state index in [1.54, 1.807) is 10.7 Å². The van der Waals surface area contributed by atoms with Crippen molar-refractivity contribution in [2.75, 3.05) is 0 Å². The number of hydrogen-bond acceptors (Lipinski definition) is 4. The molecule has 3 heterocycles. The molecule has 0 spiro atoms. The summed E-state index contributed by atoms with van der Waals surface area (Å²) in [6.07, 6.45) is 1.70. The van der Waals surface area contributed by atoms with E-state index >= 15 is 0 Å². The van der Waals surface area contributed by atoms with Crippen molar-refractivity contribution in [3.05, 3.63) is 29.3 Å². The van der Waals surface area contributed by atoms with E-state index < -0.39 is 0 Å². The lowest BCUT2D eigenvalue weighted by atomic mass is 10.3. The van der Waals surface area contributed by atoms with Crippen molar-refractivity contribution in [3.8, 4) is 0 Å². The molecule has 0 bridgehead atoms. The lowest BCUT2D eigenvalue weighted by Gasteiger charge is -2.00. The molecule has 0 aliphatic rings. The van der Waals surface area contributed by atoms with Gasteiger partial charge in [0.2, 0.25) is 5.65 Å². The van der Waals surface area contributed by atoms with E-state index in [9.17, 15) is 0 Å². The van der Waals surface area contributed by atoms with Gasteiger partial charge in [-0.1, -0.05) is 11.6 Å². The van der Waals surface area contributed by atoms with Crippen LogP contribution in [0.5, 0.6) is 0 Å². The first-order valence-electron chi connectivity index (χ1n) is 4.39. The average molecular weight is 220 g/mol. The van der Waals surface area contributed by atoms with Crippen LogP contribution in [0.25, 0.3) is 16.6 Å². The molecule has 0 radical (unpaired) electrons. The van der Waals surface area contributed by atoms with E-state index in [0.717, 1.165) is 10.9 Å². The number of fused-ring (bicyclic) bond motifs is 3. The molecule has 6 heteroatoms. The minimum Gasteiger partial charge on any atom is -0.252 e. The number of rotatable bonds is 0. The Labute approximate surface area is 89.7 Å². The summed E-state index contributed by atoms with van der Waals surface area (Å²) in [5, 5.41) is 13.3. The highest BCUT2D eigenvalue weighted by Crippen LogP contribution is 2.22. The average Bonchev–Trinajstić information content (AvgIpc) is 2.62. The zero-order valence-corrected chi connectivity index (χ0v) is 8.60. The highest BCUT2D eigenvalue weighted by atomic mass is 35.5. The molecule has 0 saturated carbocycles. The molecule has 0 aliphatic carbocycles. The zero-order chi connectivity index (χ0) is 10.4. The van der Waals surface area contributed by atoms with Gasteiger partial charge in [-0.25, -0.2) is 0 Å². The van der Waals surface area contributed by atoms with Crippen molar-refractivity contribution in [2.24, 2.45) is 0 Å². The third-order valence-corrected chi connectivity index (χ3v) is 2.51. The summed E-state index contributed by atoms with van der Waals surface area (Å²) in [7, 11) is 0. The number of nitrogens with zero attached hydrogens (tertiary/aromatic N) is 5. The van der Waals surface area contributed by atoms with Crippen LogP contribution in [0.4, 0.5) is 0 Å². The van der Waals surface area contributed by atoms with Gasteiger partial charge in [0.15, 0.2) is 11.0 Å². The molecule has 3 aromatic rings. The molecule has 0 aromatic carbocycles. The lowest BCUT2D eigenvalue weighted by molar-refractivity contribution is 0.880. The summed E-state index contributed by atoms with van der Waals surface area (Å²) in [6.45, 7) is 1.82. The largest absolute Gasteiger partial charge is 0.252 e. The van der Waals surface area contributed by atoms with E-state index in [2.05, 4.69) is 20.3 Å². The Kier molecular flexibility index (Phi) is 1.63. The van der Waals surface area contributed by atoms with Crippen LogP contribution in [0.15, 0.2) is 18.3 Å². The van der Waals surface area contributed by atoms with Crippen LogP contribution in [0.1, 0.15) is 5.82 Å². The van der Waals surface area contributed by atoms with Gasteiger partial charge in [0.25, 0.3) is 0 Å². The number of pyridine rings is 1. The highest BCUT2D eigenvalue weighted by Gasteiger charge is 2.10. The number of halogens is 1. The van der Waals surface area contributed by atoms with Gasteiger partial charge in [-0.15, -0.1) is 10.2 Å². The van der Waals surface area contributed by atoms with Crippen LogP contribution < -0.4 is 0 Å². The minimum atomic E-state index is 0.411. The van der Waals surface area contributed by atoms with Gasteiger partial charge in [0, 0.05) is 11.6 Å². The van der Waals surface area contributed by atoms with E-state index in [0.29, 0.717) is 16.6 Å². The third kappa shape index (κ3) is 1.10. The SMILES string of the molecule is Cc1nnc2c3ncccc3c(Cl)nn12. The fourth-order valence-corrected chi connectivity index (χ4v) is 1.74. The molecule has 74 valence electrons. The van der Waals surface area contributed by atoms with Crippen molar-refractivity contribution in [3.63, 3.8) is 0 Å². The Bertz CT molecular complexity index is 660. The maximum absolute atomic E-state index is 6.04. The van der Waals surface area contributed by atoms with E-state index in [4.69, 9.17) is 11.6 Å². The Morgan fingerprint density at radius 3 is 3.07 bits per heavy atom. The Morgan fingerprint density at radius 1 is 1.33 bits per heavy atom. The van der Waals surface area contributed by atoms with Gasteiger partial charge in [0.05, 0.1) is 0 Å². The first-order valence-corrected chi connectivity index (χ1v) is 4.77. The molecule has 0 unspecified atom stereocenters. The van der Waals surface area contributed by atoms with E-state index in [1.165, 1.54) is 0 Å². The van der Waals surface area contributed by atoms with Gasteiger partial charge >= 0.3 is 0 Å². The number of hydrogen-bond donors (Lipinski definition) is 0. The lowest BCUT2D eigenvalue weighted by Crippen LogP contribution is -1.97. The van der Waals surface area contributed by atoms with Crippen molar-refractivity contribution in [1.29, 1.82) is 0 Å². The summed E-state index contributed by atoms with van der Waals surface area (Å²) in [5.74, 6) is 0.694. The second-order valence-electron chi connectivity index (χ2n) is 3.17. The highest BCUT2D eigenvalue weighted by molar-refractivity contribution is 6.34. The summed E-state index contributed by atoms with van der Waals surface area (Å²) < 4.78 is 1.59. The maximum atomic E-state index is 6.04. The molecule has 0 fully saturated rings. The van der Waals surface area contributed by atoms with Crippen LogP contribution in [0.3, 0.4) is 0 Å². The smallest absolute Gasteiger partial charge is 0.204 e. The molecular weight excluding hydrogens is 214 g/mol. The topological polar surface area (TPSA) is 56.0 Å². The Morgan fingerprint density at radius 2 is 2.20 bits per heavy atom. The molecule has 0 N–H and O–H groups in total. The van der Waals surface area contributed by atoms with Gasteiger partial charge in [-0.2, -0.15) is 9.61 Å². The second kappa shape index (κ2) is 2.87. The summed E-state index contributed by atoms with van der Waals surface area (Å²) in [5.41, 5.74) is 1.35. The van der Waals surface area contributed by atoms with Gasteiger partial charge < -0.3 is 0 Å². The van der Waals surface area contributed by atoms with Gasteiger partial charge in [0.1, 0.15) is 5.52 Å². The van der Waals surface area contributed by atoms with Crippen molar-refractivity contribution in [1.82, 2.24) is 24.8 Å². The predicted molar refractivity (Wildman–Crippen MR) is 55.8 cm³/mol. The maximum Gasteiger partial charge on any atom is 0.204 e. The zero-order valence-electron chi connectivity index (χ0n) is 7.85. The summed E-state index contributed by atoms with van der Waals surface area (Å²) >= 11 is 6.04. The first-order chi connectivity index (χ1) is 7.27. The molecule has 0 atom stereocenters. The first kappa shape index (κ1) is 8.55. The van der Waals surface area contributed by atoms with Crippen molar-refractivity contribution in [2.45, 2.75) is 6.92 Å². The van der Waals surface area contributed by atoms with Gasteiger partial charge in [-0.05, 0) is 19.1 Å². The van der Waals surface area contributed by atoms with Crippen LogP contribution in [0, 0.1) is 6.92 Å². The molecule has 0 aliphatic heterocycles. The quantitative estimate of drug-likeness (QED) is 0.577. The fourth-order valence-electron chi connectivity index (χ4n) is 1.52. The summed E-state index contributed by atoms with van der Waals surface area (Å²) in [4.78, 5) is 4.24. The molecule has 3 aromatic heterocycles. The third-order valence-electron chi connectivity index (χ3n) is 2.23. The molecule has 3 rings (SSSR count). The van der Waals surface area contributed by atoms with Crippen molar-refractivity contribution < 1.29 is 0 Å². The van der Waals surface area contributed by atoms with Crippen LogP contribution >= 0.6 is 11.6 Å². The Hall–Kier alpha value is -1.75. The molecule has 0 amide bonds. The minimum absolute atomic E-state index is 0.411. The second-order valence-corrected chi connectivity index (χ2v) is 3.53. The fraction of sp³-hybridized carbons (Fsp3) is 0.111. The number of aromatic nitrogens is 5. The van der Waals surface area contributed by atoms with Gasteiger partial charge in [-0.3, -0.25) is 4.98 Å². The van der Waals surface area contributed by atoms with Crippen LogP contribution in [0.2, 0.25) is 5.15 Å². The molecule has 5 nitrogen and oxygen atoms in total. The Balaban J connectivity index is 2.65. The molecule has 15 heavy (non-hydrogen) atoms. The van der Waals surface area contributed by atoms with Crippen LogP contribution in [-0.4, -0.2) is 24.8 Å². The van der Waals surface area contributed by atoms with Crippen molar-refractivity contribution >= 4 is 28.2 Å². The van der Waals surface area contributed by atoms with E-state index in [-0.39, 0.29) is 0 Å². The monoisotopic (exact) mass is 219 g/mol. The number of aryl methyl sites for hydroxylation is 1. The molecule has 0 saturated heterocycles. The van der Waals surface area contributed by atoms with Crippen LogP contribution in [-0.2, 0) is 0 Å². The predicted octanol–water partition coefficient (Wildman–Crippen LogP) is 1.63. The normalized spacial score (nSPS) is 11.3. The molecular formula is C9H6ClN5. The van der Waals surface area contributed by atoms with E-state index in [1.807, 2.05) is 19.1 Å². The summed E-state index contributed by atoms with van der Waals surface area (Å²) in [6, 6.07) is 3.68.